The summed E-state index contributed by atoms with van der Waals surface area (Å²) < 4.78 is 2.81. The number of benzene rings is 1. The Hall–Kier alpha value is 0.0356. The summed E-state index contributed by atoms with van der Waals surface area (Å²) in [5.74, 6) is 0. The third-order valence-corrected chi connectivity index (χ3v) is 18.8. The summed E-state index contributed by atoms with van der Waals surface area (Å²) in [5.41, 5.74) is 1.44. The summed E-state index contributed by atoms with van der Waals surface area (Å²) in [6, 6.07) is 10.9. The van der Waals surface area contributed by atoms with E-state index in [9.17, 15) is 0 Å². The van der Waals surface area contributed by atoms with Gasteiger partial charge in [-0.15, -0.1) is 0 Å². The summed E-state index contributed by atoms with van der Waals surface area (Å²) in [6.07, 6.45) is 0. The second kappa shape index (κ2) is 4.49. The minimum absolute atomic E-state index is 1.24. The van der Waals surface area contributed by atoms with Crippen molar-refractivity contribution in [1.82, 2.24) is 0 Å². The van der Waals surface area contributed by atoms with Crippen molar-refractivity contribution in [2.45, 2.75) is 34.5 Å². The molecule has 0 atom stereocenters. The number of hydrogen-bond acceptors (Lipinski definition) is 1. The van der Waals surface area contributed by atoms with Gasteiger partial charge in [0, 0.05) is 0 Å². The van der Waals surface area contributed by atoms with Crippen LogP contribution < -0.4 is 2.79 Å². The molecule has 0 aliphatic carbocycles. The Labute approximate surface area is 99.8 Å². The van der Waals surface area contributed by atoms with E-state index in [1.165, 1.54) is 5.69 Å². The molecule has 0 aliphatic rings. The molecule has 0 bridgehead atoms. The van der Waals surface area contributed by atoms with Gasteiger partial charge in [0.1, 0.15) is 0 Å². The molecule has 1 nitrogen and oxygen atoms in total. The molecule has 0 unspecified atom stereocenters. The molecule has 1 aromatic rings. The van der Waals surface area contributed by atoms with Crippen LogP contribution in [0.2, 0.25) is 34.5 Å². The second-order valence-electron chi connectivity index (χ2n) is 6.01. The Morgan fingerprint density at radius 1 is 0.933 bits per heavy atom. The van der Waals surface area contributed by atoms with E-state index in [4.69, 9.17) is 0 Å². The van der Waals surface area contributed by atoms with E-state index in [2.05, 4.69) is 67.6 Å². The Morgan fingerprint density at radius 2 is 1.40 bits per heavy atom. The van der Waals surface area contributed by atoms with Crippen LogP contribution in [0.25, 0.3) is 0 Å². The van der Waals surface area contributed by atoms with E-state index >= 15 is 0 Å². The van der Waals surface area contributed by atoms with Crippen LogP contribution in [0.1, 0.15) is 0 Å². The Bertz CT molecular complexity index is 297. The number of anilines is 1. The number of para-hydroxylation sites is 1. The molecule has 1 rings (SSSR count). The molecule has 0 aromatic heterocycles. The third kappa shape index (κ3) is 3.52. The van der Waals surface area contributed by atoms with Crippen LogP contribution in [0, 0.1) is 0 Å². The quantitative estimate of drug-likeness (QED) is 0.753. The van der Waals surface area contributed by atoms with Gasteiger partial charge in [0.15, 0.2) is 0 Å². The molecule has 3 heteroatoms. The predicted octanol–water partition coefficient (Wildman–Crippen LogP) is 4.16. The third-order valence-electron chi connectivity index (χ3n) is 2.36. The van der Waals surface area contributed by atoms with Gasteiger partial charge < -0.3 is 0 Å². The van der Waals surface area contributed by atoms with Crippen LogP contribution in [0.5, 0.6) is 0 Å². The molecular weight excluding hydrogens is 305 g/mol. The average Bonchev–Trinajstić information content (AvgIpc) is 2.00. The first-order chi connectivity index (χ1) is 6.73. The van der Waals surface area contributed by atoms with Crippen molar-refractivity contribution >= 4 is 32.6 Å². The number of rotatable bonds is 3. The standard InChI is InChI=1S/C9H14NSi.3CH3.Sn/c1-11(2,3)10-9-7-5-4-6-8-9;;;;/h4-8H,1-3H3;3*1H3;/q-1;;;;+1. The van der Waals surface area contributed by atoms with Gasteiger partial charge in [0.05, 0.1) is 0 Å². The fourth-order valence-electron chi connectivity index (χ4n) is 2.36. The fraction of sp³-hybridized carbons (Fsp3) is 0.500. The molecule has 0 aliphatic heterocycles. The molecule has 0 saturated carbocycles. The molecule has 0 radical (unpaired) electrons. The number of nitrogens with zero attached hydrogens (tertiary/aromatic N) is 1. The SMILES string of the molecule is C[Si](C)(C)[N](c1ccccc1)[Sn]([CH3])([CH3])[CH3]. The van der Waals surface area contributed by atoms with Crippen molar-refractivity contribution in [3.8, 4) is 0 Å². The molecular formula is C12H23NSiSn. The molecule has 84 valence electrons. The Kier molecular flexibility index (Phi) is 3.93. The van der Waals surface area contributed by atoms with Crippen LogP contribution in [-0.2, 0) is 0 Å². The molecule has 0 N–H and O–H groups in total. The van der Waals surface area contributed by atoms with Gasteiger partial charge in [-0.25, -0.2) is 0 Å². The Balaban J connectivity index is 3.15. The van der Waals surface area contributed by atoms with Gasteiger partial charge >= 0.3 is 100 Å². The first-order valence-corrected chi connectivity index (χ1v) is 18.9. The summed E-state index contributed by atoms with van der Waals surface area (Å²) in [4.78, 5) is 7.50. The van der Waals surface area contributed by atoms with E-state index in [0.29, 0.717) is 0 Å². The summed E-state index contributed by atoms with van der Waals surface area (Å²) in [7, 11) is -1.24. The molecule has 0 saturated heterocycles. The van der Waals surface area contributed by atoms with Crippen LogP contribution in [0.4, 0.5) is 5.69 Å². The molecule has 0 amide bonds. The van der Waals surface area contributed by atoms with Crippen LogP contribution in [-0.4, -0.2) is 26.9 Å². The molecule has 15 heavy (non-hydrogen) atoms. The minimum atomic E-state index is -2.02. The van der Waals surface area contributed by atoms with Gasteiger partial charge in [0.25, 0.3) is 0 Å². The normalized spacial score (nSPS) is 12.7. The molecule has 0 heterocycles. The molecule has 0 spiro atoms. The fourth-order valence-corrected chi connectivity index (χ4v) is 25.2. The van der Waals surface area contributed by atoms with Crippen LogP contribution in [0.3, 0.4) is 0 Å². The average molecular weight is 328 g/mol. The van der Waals surface area contributed by atoms with Gasteiger partial charge in [-0.1, -0.05) is 0 Å². The van der Waals surface area contributed by atoms with Crippen molar-refractivity contribution in [2.75, 3.05) is 2.79 Å². The zero-order valence-electron chi connectivity index (χ0n) is 10.8. The van der Waals surface area contributed by atoms with E-state index in [-0.39, 0.29) is 0 Å². The topological polar surface area (TPSA) is 3.24 Å². The van der Waals surface area contributed by atoms with Gasteiger partial charge in [0.2, 0.25) is 0 Å². The zero-order chi connectivity index (χ0) is 11.7. The van der Waals surface area contributed by atoms with Gasteiger partial charge in [-0.3, -0.25) is 0 Å². The van der Waals surface area contributed by atoms with Crippen LogP contribution in [0.15, 0.2) is 30.3 Å². The van der Waals surface area contributed by atoms with Gasteiger partial charge in [-0.2, -0.15) is 0 Å². The Morgan fingerprint density at radius 3 is 1.73 bits per heavy atom. The summed E-state index contributed by atoms with van der Waals surface area (Å²) in [5, 5.41) is 0. The number of hydrogen-bond donors (Lipinski definition) is 0. The van der Waals surface area contributed by atoms with Crippen molar-refractivity contribution in [2.24, 2.45) is 0 Å². The van der Waals surface area contributed by atoms with Crippen molar-refractivity contribution < 1.29 is 0 Å². The first kappa shape index (κ1) is 13.1. The van der Waals surface area contributed by atoms with Crippen LogP contribution >= 0.6 is 0 Å². The van der Waals surface area contributed by atoms with E-state index in [1.807, 2.05) is 0 Å². The molecule has 0 fully saturated rings. The maximum absolute atomic E-state index is 2.81. The second-order valence-corrected chi connectivity index (χ2v) is 25.7. The van der Waals surface area contributed by atoms with Gasteiger partial charge in [-0.05, 0) is 0 Å². The molecule has 1 aromatic carbocycles. The summed E-state index contributed by atoms with van der Waals surface area (Å²) >= 11 is -2.02. The van der Waals surface area contributed by atoms with E-state index < -0.39 is 26.9 Å². The first-order valence-electron chi connectivity index (χ1n) is 5.58. The summed E-state index contributed by atoms with van der Waals surface area (Å²) in [6.45, 7) is 7.34. The zero-order valence-corrected chi connectivity index (χ0v) is 14.7. The predicted molar refractivity (Wildman–Crippen MR) is 75.6 cm³/mol. The van der Waals surface area contributed by atoms with E-state index in [0.717, 1.165) is 0 Å². The maximum atomic E-state index is 2.81. The van der Waals surface area contributed by atoms with Crippen molar-refractivity contribution in [3.05, 3.63) is 30.3 Å². The van der Waals surface area contributed by atoms with Crippen molar-refractivity contribution in [3.63, 3.8) is 0 Å². The van der Waals surface area contributed by atoms with E-state index in [1.54, 1.807) is 0 Å². The monoisotopic (exact) mass is 329 g/mol. The van der Waals surface area contributed by atoms with Crippen molar-refractivity contribution in [1.29, 1.82) is 0 Å².